The zero-order valence-corrected chi connectivity index (χ0v) is 27.6. The number of rotatable bonds is 16. The van der Waals surface area contributed by atoms with E-state index < -0.39 is 56.7 Å². The third-order valence-corrected chi connectivity index (χ3v) is 10.8. The molecular formula is C29H36F2N6O8S2. The van der Waals surface area contributed by atoms with Crippen LogP contribution in [-0.4, -0.2) is 73.0 Å². The van der Waals surface area contributed by atoms with Crippen molar-refractivity contribution in [1.29, 1.82) is 0 Å². The zero-order valence-electron chi connectivity index (χ0n) is 26.0. The highest BCUT2D eigenvalue weighted by Crippen LogP contribution is 2.50. The molecule has 1 aliphatic rings. The van der Waals surface area contributed by atoms with Crippen LogP contribution in [0.15, 0.2) is 41.6 Å². The number of anilines is 2. The molecule has 5 N–H and O–H groups in total. The van der Waals surface area contributed by atoms with Crippen LogP contribution in [0.3, 0.4) is 0 Å². The fourth-order valence-electron chi connectivity index (χ4n) is 5.18. The Hall–Kier alpha value is -4.45. The molecule has 0 saturated heterocycles. The molecule has 3 aromatic rings. The first kappa shape index (κ1) is 35.4. The van der Waals surface area contributed by atoms with Gasteiger partial charge in [-0.25, -0.2) is 36.1 Å². The molecule has 1 heterocycles. The lowest BCUT2D eigenvalue weighted by Crippen LogP contribution is -2.47. The second-order valence-electron chi connectivity index (χ2n) is 11.4. The fraction of sp³-hybridized carbons (Fsp3) is 0.448. The van der Waals surface area contributed by atoms with E-state index in [0.717, 1.165) is 35.0 Å². The molecule has 3 unspecified atom stereocenters. The minimum absolute atomic E-state index is 0.0913. The van der Waals surface area contributed by atoms with E-state index in [0.29, 0.717) is 23.4 Å². The molecular weight excluding hydrogens is 662 g/mol. The minimum atomic E-state index is -4.76. The number of carboxylic acid groups (broad SMARTS) is 2. The van der Waals surface area contributed by atoms with Crippen molar-refractivity contribution in [2.24, 2.45) is 11.3 Å². The summed E-state index contributed by atoms with van der Waals surface area (Å²) >= 11 is 0.741. The third kappa shape index (κ3) is 8.48. The van der Waals surface area contributed by atoms with Gasteiger partial charge in [-0.15, -0.1) is 0 Å². The van der Waals surface area contributed by atoms with Gasteiger partial charge >= 0.3 is 12.2 Å². The molecule has 1 aromatic heterocycles. The number of hydrogen-bond acceptors (Lipinski definition) is 10. The smallest absolute Gasteiger partial charge is 0.404 e. The Morgan fingerprint density at radius 3 is 2.36 bits per heavy atom. The van der Waals surface area contributed by atoms with Gasteiger partial charge < -0.3 is 35.6 Å². The van der Waals surface area contributed by atoms with E-state index in [4.69, 9.17) is 9.47 Å². The average molecular weight is 699 g/mol. The van der Waals surface area contributed by atoms with Crippen molar-refractivity contribution in [2.75, 3.05) is 30.4 Å². The van der Waals surface area contributed by atoms with E-state index in [-0.39, 0.29) is 41.5 Å². The number of nitrogens with zero attached hydrogens (tertiary/aromatic N) is 3. The second-order valence-corrected chi connectivity index (χ2v) is 14.0. The van der Waals surface area contributed by atoms with Crippen molar-refractivity contribution in [3.05, 3.63) is 53.9 Å². The summed E-state index contributed by atoms with van der Waals surface area (Å²) in [6.45, 7) is 3.05. The van der Waals surface area contributed by atoms with Gasteiger partial charge in [0.05, 0.1) is 26.5 Å². The Kier molecular flexibility index (Phi) is 11.0. The van der Waals surface area contributed by atoms with Crippen molar-refractivity contribution < 1.29 is 46.5 Å². The number of nitrogens with one attached hydrogen (secondary N) is 3. The standard InChI is InChI=1S/C29H36F2N6O8S2/c1-16(35-27(38)39)18(9-25(36-28(40)41)29(2)7-8-29)13-32-22-11-21(31)24(12-20(22)30)47(42,43)37(26-33-15-34-46-26)14-17-5-6-19(44-3)10-23(17)45-4/h5-6,10-12,15-16,18,25,32,35-36H,7-9,13-14H2,1-4H3,(H,38,39)(H,40,41). The predicted octanol–water partition coefficient (Wildman–Crippen LogP) is 4.74. The molecule has 1 fully saturated rings. The maximum atomic E-state index is 15.6. The minimum Gasteiger partial charge on any atom is -0.497 e. The van der Waals surface area contributed by atoms with Crippen LogP contribution >= 0.6 is 11.5 Å². The Balaban J connectivity index is 1.61. The second kappa shape index (κ2) is 14.5. The van der Waals surface area contributed by atoms with E-state index in [1.165, 1.54) is 14.2 Å². The van der Waals surface area contributed by atoms with Crippen LogP contribution in [0.25, 0.3) is 0 Å². The first-order chi connectivity index (χ1) is 22.2. The molecule has 0 bridgehead atoms. The van der Waals surface area contributed by atoms with E-state index in [1.54, 1.807) is 25.1 Å². The average Bonchev–Trinajstić information content (AvgIpc) is 3.53. The van der Waals surface area contributed by atoms with Crippen molar-refractivity contribution >= 4 is 44.6 Å². The summed E-state index contributed by atoms with van der Waals surface area (Å²) in [5.41, 5.74) is -0.299. The van der Waals surface area contributed by atoms with E-state index >= 15 is 8.78 Å². The number of aromatic nitrogens is 2. The van der Waals surface area contributed by atoms with Crippen molar-refractivity contribution in [3.8, 4) is 11.5 Å². The van der Waals surface area contributed by atoms with Crippen molar-refractivity contribution in [2.45, 2.75) is 56.6 Å². The van der Waals surface area contributed by atoms with Crippen LogP contribution in [0.5, 0.6) is 11.5 Å². The van der Waals surface area contributed by atoms with Crippen LogP contribution in [-0.2, 0) is 16.6 Å². The van der Waals surface area contributed by atoms with Crippen LogP contribution in [0.4, 0.5) is 29.2 Å². The fourth-order valence-corrected chi connectivity index (χ4v) is 7.37. The Labute approximate surface area is 274 Å². The molecule has 14 nitrogen and oxygen atoms in total. The highest BCUT2D eigenvalue weighted by atomic mass is 32.2. The Bertz CT molecular complexity index is 1690. The SMILES string of the molecule is COc1ccc(CN(c2ncns2)S(=O)(=O)c2cc(F)c(NCC(CC(NC(=O)O)C3(C)CC3)C(C)NC(=O)O)cc2F)c(OC)c1. The molecule has 1 saturated carbocycles. The lowest BCUT2D eigenvalue weighted by atomic mass is 9.85. The summed E-state index contributed by atoms with van der Waals surface area (Å²) < 4.78 is 74.1. The summed E-state index contributed by atoms with van der Waals surface area (Å²) in [4.78, 5) is 25.9. The number of ether oxygens (including phenoxy) is 2. The molecule has 0 radical (unpaired) electrons. The van der Waals surface area contributed by atoms with Gasteiger partial charge in [0.25, 0.3) is 10.0 Å². The van der Waals surface area contributed by atoms with Gasteiger partial charge in [0.15, 0.2) is 0 Å². The first-order valence-electron chi connectivity index (χ1n) is 14.4. The van der Waals surface area contributed by atoms with Gasteiger partial charge in [0, 0.05) is 47.9 Å². The van der Waals surface area contributed by atoms with Crippen LogP contribution < -0.4 is 29.7 Å². The summed E-state index contributed by atoms with van der Waals surface area (Å²) in [6.07, 6.45) is 0.337. The molecule has 0 spiro atoms. The molecule has 0 aliphatic heterocycles. The molecule has 4 rings (SSSR count). The van der Waals surface area contributed by atoms with Crippen molar-refractivity contribution in [3.63, 3.8) is 0 Å². The summed E-state index contributed by atoms with van der Waals surface area (Å²) in [6, 6.07) is 4.75. The lowest BCUT2D eigenvalue weighted by molar-refractivity contribution is 0.170. The third-order valence-electron chi connectivity index (χ3n) is 8.29. The highest BCUT2D eigenvalue weighted by molar-refractivity contribution is 7.93. The number of halogens is 2. The van der Waals surface area contributed by atoms with Gasteiger partial charge in [0.1, 0.15) is 34.4 Å². The summed E-state index contributed by atoms with van der Waals surface area (Å²) in [7, 11) is -1.91. The largest absolute Gasteiger partial charge is 0.497 e. The van der Waals surface area contributed by atoms with Gasteiger partial charge in [-0.1, -0.05) is 6.92 Å². The normalized spacial score (nSPS) is 15.5. The van der Waals surface area contributed by atoms with Crippen molar-refractivity contribution in [1.82, 2.24) is 20.0 Å². The number of carbonyl (C=O) groups is 2. The summed E-state index contributed by atoms with van der Waals surface area (Å²) in [5, 5.41) is 26.2. The lowest BCUT2D eigenvalue weighted by Gasteiger charge is -2.32. The van der Waals surface area contributed by atoms with Gasteiger partial charge in [0.2, 0.25) is 5.13 Å². The maximum Gasteiger partial charge on any atom is 0.404 e. The molecule has 256 valence electrons. The van der Waals surface area contributed by atoms with Gasteiger partial charge in [-0.05, 0) is 55.7 Å². The zero-order chi connectivity index (χ0) is 34.5. The number of hydrogen-bond donors (Lipinski definition) is 5. The maximum absolute atomic E-state index is 15.6. The van der Waals surface area contributed by atoms with Crippen LogP contribution in [0, 0.1) is 23.0 Å². The quantitative estimate of drug-likeness (QED) is 0.139. The number of benzene rings is 2. The Morgan fingerprint density at radius 1 is 1.09 bits per heavy atom. The van der Waals surface area contributed by atoms with Gasteiger partial charge in [-0.3, -0.25) is 0 Å². The molecule has 2 amide bonds. The van der Waals surface area contributed by atoms with Gasteiger partial charge in [-0.2, -0.15) is 4.37 Å². The molecule has 18 heteroatoms. The van der Waals surface area contributed by atoms with Crippen LogP contribution in [0.1, 0.15) is 38.7 Å². The first-order valence-corrected chi connectivity index (χ1v) is 16.6. The van der Waals surface area contributed by atoms with E-state index in [2.05, 4.69) is 25.3 Å². The topological polar surface area (TPSA) is 192 Å². The summed E-state index contributed by atoms with van der Waals surface area (Å²) in [5.74, 6) is -2.17. The molecule has 2 aromatic carbocycles. The molecule has 3 atom stereocenters. The predicted molar refractivity (Wildman–Crippen MR) is 169 cm³/mol. The number of methoxy groups -OCH3 is 2. The van der Waals surface area contributed by atoms with E-state index in [9.17, 15) is 28.2 Å². The Morgan fingerprint density at radius 2 is 1.79 bits per heavy atom. The molecule has 47 heavy (non-hydrogen) atoms. The highest BCUT2D eigenvalue weighted by Gasteiger charge is 2.46. The molecule has 1 aliphatic carbocycles. The number of amides is 2. The monoisotopic (exact) mass is 698 g/mol. The van der Waals surface area contributed by atoms with E-state index in [1.807, 2.05) is 6.92 Å². The van der Waals surface area contributed by atoms with Crippen LogP contribution in [0.2, 0.25) is 0 Å². The number of sulfonamides is 1.